The molecular formula is C20H18Cl2NNa2O5P+2. The van der Waals surface area contributed by atoms with Gasteiger partial charge in [-0.3, -0.25) is 14.6 Å². The molecule has 1 aliphatic heterocycles. The van der Waals surface area contributed by atoms with Gasteiger partial charge in [-0.25, -0.2) is 4.57 Å². The van der Waals surface area contributed by atoms with Crippen LogP contribution >= 0.6 is 31.0 Å². The molecule has 2 aliphatic rings. The summed E-state index contributed by atoms with van der Waals surface area (Å²) in [6, 6.07) is 8.70. The number of carbonyl (C=O) groups is 1. The molecule has 4 rings (SSSR count). The molecule has 2 aromatic rings. The first-order valence-corrected chi connectivity index (χ1v) is 11.3. The third-order valence-electron chi connectivity index (χ3n) is 5.29. The van der Waals surface area contributed by atoms with Gasteiger partial charge >= 0.3 is 66.9 Å². The van der Waals surface area contributed by atoms with E-state index in [0.717, 1.165) is 18.4 Å². The average Bonchev–Trinajstić information content (AvgIpc) is 3.00. The second-order valence-electron chi connectivity index (χ2n) is 7.20. The molecule has 0 spiro atoms. The van der Waals surface area contributed by atoms with Crippen LogP contribution in [-0.4, -0.2) is 33.7 Å². The number of amides is 1. The van der Waals surface area contributed by atoms with Crippen molar-refractivity contribution < 1.29 is 82.8 Å². The van der Waals surface area contributed by atoms with Gasteiger partial charge in [0.2, 0.25) is 0 Å². The molecule has 0 unspecified atom stereocenters. The first kappa shape index (κ1) is 27.4. The molecule has 0 radical (unpaired) electrons. The van der Waals surface area contributed by atoms with Crippen molar-refractivity contribution in [3.63, 3.8) is 0 Å². The zero-order valence-corrected chi connectivity index (χ0v) is 23.9. The molecule has 0 atom stereocenters. The number of phosphoric ester groups is 1. The van der Waals surface area contributed by atoms with Crippen molar-refractivity contribution in [2.45, 2.75) is 19.8 Å². The molecule has 0 fully saturated rings. The molecular weight excluding hydrogens is 482 g/mol. The van der Waals surface area contributed by atoms with Crippen LogP contribution < -0.4 is 63.6 Å². The topological polar surface area (TPSA) is 87.1 Å². The van der Waals surface area contributed by atoms with Crippen molar-refractivity contribution >= 4 is 42.5 Å². The Labute approximate surface area is 234 Å². The van der Waals surface area contributed by atoms with E-state index in [4.69, 9.17) is 37.5 Å². The second kappa shape index (κ2) is 10.6. The number of hydrogen-bond acceptors (Lipinski definition) is 3. The summed E-state index contributed by atoms with van der Waals surface area (Å²) in [7, 11) is -4.77. The monoisotopic (exact) mass is 499 g/mol. The summed E-state index contributed by atoms with van der Waals surface area (Å²) in [5.74, 6) is -0.364. The Bertz CT molecular complexity index is 1120. The fourth-order valence-electron chi connectivity index (χ4n) is 3.89. The number of phosphoric acid groups is 1. The third-order valence-corrected chi connectivity index (χ3v) is 6.35. The Hall–Kier alpha value is 0.180. The Morgan fingerprint density at radius 1 is 1.16 bits per heavy atom. The minimum Gasteiger partial charge on any atom is -0.404 e. The minimum atomic E-state index is -4.77. The zero-order valence-electron chi connectivity index (χ0n) is 17.5. The number of carbonyl (C=O) groups excluding carboxylic acids is 1. The van der Waals surface area contributed by atoms with E-state index in [0.29, 0.717) is 23.7 Å². The van der Waals surface area contributed by atoms with Gasteiger partial charge in [0.15, 0.2) is 0 Å². The molecule has 0 saturated carbocycles. The molecule has 1 heterocycles. The van der Waals surface area contributed by atoms with Crippen LogP contribution in [0.1, 0.15) is 33.5 Å². The number of rotatable bonds is 3. The summed E-state index contributed by atoms with van der Waals surface area (Å²) < 4.78 is 15.9. The molecule has 2 N–H and O–H groups in total. The first-order valence-electron chi connectivity index (χ1n) is 8.96. The molecule has 0 saturated heterocycles. The van der Waals surface area contributed by atoms with Crippen molar-refractivity contribution in [3.05, 3.63) is 68.2 Å². The van der Waals surface area contributed by atoms with Gasteiger partial charge in [-0.2, -0.15) is 0 Å². The maximum absolute atomic E-state index is 13.1. The van der Waals surface area contributed by atoms with Crippen molar-refractivity contribution in [1.29, 1.82) is 0 Å². The van der Waals surface area contributed by atoms with Crippen molar-refractivity contribution in [3.8, 4) is 5.75 Å². The fraction of sp³-hybridized carbons (Fsp3) is 0.250. The molecule has 152 valence electrons. The van der Waals surface area contributed by atoms with Gasteiger partial charge < -0.3 is 9.42 Å². The van der Waals surface area contributed by atoms with Crippen LogP contribution in [-0.2, 0) is 11.0 Å². The van der Waals surface area contributed by atoms with E-state index in [1.165, 1.54) is 28.8 Å². The Morgan fingerprint density at radius 2 is 1.87 bits per heavy atom. The summed E-state index contributed by atoms with van der Waals surface area (Å²) in [6.07, 6.45) is 1.51. The fourth-order valence-corrected chi connectivity index (χ4v) is 4.71. The van der Waals surface area contributed by atoms with Crippen LogP contribution in [0, 0.1) is 6.92 Å². The number of nitrogens with zero attached hydrogens (tertiary/aromatic N) is 1. The SMILES string of the molecule is Cc1c(Cl)cc(C(=O)N2CCC3=C(Cc4ccc(Cl)cc43)C2)cc1OP(=O)(O)O.[Na+].[Na+]. The van der Waals surface area contributed by atoms with Crippen LogP contribution in [0.5, 0.6) is 5.75 Å². The van der Waals surface area contributed by atoms with Gasteiger partial charge in [-0.05, 0) is 66.3 Å². The zero-order chi connectivity index (χ0) is 20.9. The van der Waals surface area contributed by atoms with E-state index >= 15 is 0 Å². The van der Waals surface area contributed by atoms with E-state index in [1.807, 2.05) is 18.2 Å². The standard InChI is InChI=1S/C20H18Cl2NO5P.2Na/c1-11-18(22)7-13(8-19(11)28-29(25,26)27)20(24)23-5-4-16-14(10-23)6-12-2-3-15(21)9-17(12)16;;/h2-3,7-9H,4-6,10H2,1H3,(H2,25,26,27);;/q;2*+1. The number of benzene rings is 2. The molecule has 31 heavy (non-hydrogen) atoms. The smallest absolute Gasteiger partial charge is 0.404 e. The van der Waals surface area contributed by atoms with Gasteiger partial charge in [0.25, 0.3) is 5.91 Å². The largest absolute Gasteiger partial charge is 1.00 e. The Kier molecular flexibility index (Phi) is 9.40. The first-order chi connectivity index (χ1) is 13.6. The molecule has 6 nitrogen and oxygen atoms in total. The van der Waals surface area contributed by atoms with Crippen molar-refractivity contribution in [2.75, 3.05) is 13.1 Å². The van der Waals surface area contributed by atoms with Gasteiger partial charge in [0.1, 0.15) is 5.75 Å². The van der Waals surface area contributed by atoms with Gasteiger partial charge in [0.05, 0.1) is 0 Å². The van der Waals surface area contributed by atoms with Crippen LogP contribution in [0.25, 0.3) is 5.57 Å². The number of halogens is 2. The molecule has 1 aliphatic carbocycles. The molecule has 0 aromatic heterocycles. The second-order valence-corrected chi connectivity index (χ2v) is 9.21. The third kappa shape index (κ3) is 6.00. The predicted molar refractivity (Wildman–Crippen MR) is 111 cm³/mol. The molecule has 0 bridgehead atoms. The van der Waals surface area contributed by atoms with Crippen molar-refractivity contribution in [2.24, 2.45) is 0 Å². The number of hydrogen-bond donors (Lipinski definition) is 2. The van der Waals surface area contributed by atoms with Gasteiger partial charge in [-0.15, -0.1) is 0 Å². The summed E-state index contributed by atoms with van der Waals surface area (Å²) in [4.78, 5) is 33.0. The molecule has 11 heteroatoms. The summed E-state index contributed by atoms with van der Waals surface area (Å²) >= 11 is 12.3. The maximum atomic E-state index is 13.1. The Morgan fingerprint density at radius 3 is 2.55 bits per heavy atom. The van der Waals surface area contributed by atoms with E-state index in [2.05, 4.69) is 0 Å². The minimum absolute atomic E-state index is 0. The maximum Gasteiger partial charge on any atom is 1.00 e. The van der Waals surface area contributed by atoms with E-state index in [-0.39, 0.29) is 81.4 Å². The summed E-state index contributed by atoms with van der Waals surface area (Å²) in [5.41, 5.74) is 5.40. The predicted octanol–water partition coefficient (Wildman–Crippen LogP) is -1.36. The Balaban J connectivity index is 0.00000171. The van der Waals surface area contributed by atoms with E-state index in [1.54, 1.807) is 11.8 Å². The van der Waals surface area contributed by atoms with Crippen LogP contribution in [0.2, 0.25) is 10.0 Å². The van der Waals surface area contributed by atoms with Crippen LogP contribution in [0.15, 0.2) is 35.9 Å². The molecule has 1 amide bonds. The van der Waals surface area contributed by atoms with Gasteiger partial charge in [0, 0.05) is 34.3 Å². The molecule has 2 aromatic carbocycles. The number of fused-ring (bicyclic) bond motifs is 2. The summed E-state index contributed by atoms with van der Waals surface area (Å²) in [5, 5.41) is 0.905. The van der Waals surface area contributed by atoms with Crippen LogP contribution in [0.4, 0.5) is 0 Å². The quantitative estimate of drug-likeness (QED) is 0.402. The average molecular weight is 500 g/mol. The normalized spacial score (nSPS) is 14.9. The summed E-state index contributed by atoms with van der Waals surface area (Å²) in [6.45, 7) is 2.59. The van der Waals surface area contributed by atoms with E-state index < -0.39 is 7.82 Å². The van der Waals surface area contributed by atoms with Gasteiger partial charge in [-0.1, -0.05) is 29.3 Å². The van der Waals surface area contributed by atoms with E-state index in [9.17, 15) is 9.36 Å². The van der Waals surface area contributed by atoms with Crippen LogP contribution in [0.3, 0.4) is 0 Å². The van der Waals surface area contributed by atoms with Crippen molar-refractivity contribution in [1.82, 2.24) is 4.90 Å².